The molecule has 0 unspecified atom stereocenters. The van der Waals surface area contributed by atoms with E-state index >= 15 is 0 Å². The van der Waals surface area contributed by atoms with E-state index in [0.717, 1.165) is 18.2 Å². The van der Waals surface area contributed by atoms with E-state index in [1.54, 1.807) is 6.07 Å². The first-order chi connectivity index (χ1) is 9.27. The molecule has 0 aromatic heterocycles. The number of benzene rings is 1. The summed E-state index contributed by atoms with van der Waals surface area (Å²) in [6.07, 6.45) is 0. The molecule has 0 bridgehead atoms. The number of nitriles is 1. The van der Waals surface area contributed by atoms with Crippen molar-refractivity contribution in [1.29, 1.82) is 5.26 Å². The molecule has 7 heteroatoms. The van der Waals surface area contributed by atoms with Gasteiger partial charge in [0.05, 0.1) is 10.5 Å². The zero-order chi connectivity index (χ0) is 15.3. The molecule has 1 N–H and O–H groups in total. The van der Waals surface area contributed by atoms with Gasteiger partial charge in [0, 0.05) is 19.1 Å². The Hall–Kier alpha value is -1.49. The Balaban J connectivity index is 2.77. The van der Waals surface area contributed by atoms with Gasteiger partial charge < -0.3 is 4.90 Å². The fourth-order valence-corrected chi connectivity index (χ4v) is 2.50. The van der Waals surface area contributed by atoms with Crippen LogP contribution in [0.2, 0.25) is 0 Å². The highest BCUT2D eigenvalue weighted by Crippen LogP contribution is 2.14. The van der Waals surface area contributed by atoms with Crippen LogP contribution in [0.25, 0.3) is 0 Å². The largest absolute Gasteiger partial charge is 0.303 e. The lowest BCUT2D eigenvalue weighted by atomic mass is 10.2. The summed E-state index contributed by atoms with van der Waals surface area (Å²) < 4.78 is 39.6. The van der Waals surface area contributed by atoms with Crippen LogP contribution in [-0.2, 0) is 10.0 Å². The van der Waals surface area contributed by atoms with Gasteiger partial charge in [0.15, 0.2) is 0 Å². The number of rotatable bonds is 6. The van der Waals surface area contributed by atoms with Gasteiger partial charge in [-0.15, -0.1) is 0 Å². The second-order valence-electron chi connectivity index (χ2n) is 4.73. The fraction of sp³-hybridized carbons (Fsp3) is 0.462. The van der Waals surface area contributed by atoms with E-state index in [9.17, 15) is 12.8 Å². The summed E-state index contributed by atoms with van der Waals surface area (Å²) in [5.74, 6) is -0.731. The summed E-state index contributed by atoms with van der Waals surface area (Å²) in [6.45, 7) is 4.82. The van der Waals surface area contributed by atoms with Crippen molar-refractivity contribution in [3.05, 3.63) is 29.6 Å². The van der Waals surface area contributed by atoms with Gasteiger partial charge in [-0.05, 0) is 39.1 Å². The number of halogens is 1. The molecule has 0 fully saturated rings. The maximum absolute atomic E-state index is 13.2. The van der Waals surface area contributed by atoms with Crippen LogP contribution in [0, 0.1) is 17.1 Å². The van der Waals surface area contributed by atoms with Crippen molar-refractivity contribution < 1.29 is 12.8 Å². The van der Waals surface area contributed by atoms with Gasteiger partial charge in [-0.2, -0.15) is 5.26 Å². The summed E-state index contributed by atoms with van der Waals surface area (Å²) in [7, 11) is -1.83. The Kier molecular flexibility index (Phi) is 5.62. The monoisotopic (exact) mass is 299 g/mol. The third kappa shape index (κ3) is 4.27. The number of likely N-dealkylation sites (N-methyl/N-ethyl adjacent to an activating group) is 1. The van der Waals surface area contributed by atoms with Gasteiger partial charge in [0.1, 0.15) is 11.9 Å². The molecule has 0 aliphatic carbocycles. The Morgan fingerprint density at radius 1 is 1.45 bits per heavy atom. The quantitative estimate of drug-likeness (QED) is 0.859. The van der Waals surface area contributed by atoms with Crippen LogP contribution < -0.4 is 4.72 Å². The number of nitrogens with zero attached hydrogens (tertiary/aromatic N) is 2. The normalized spacial score (nSPS) is 11.8. The summed E-state index contributed by atoms with van der Waals surface area (Å²) in [5.41, 5.74) is -0.285. The molecule has 20 heavy (non-hydrogen) atoms. The van der Waals surface area contributed by atoms with E-state index in [4.69, 9.17) is 5.26 Å². The average molecular weight is 299 g/mol. The van der Waals surface area contributed by atoms with E-state index in [-0.39, 0.29) is 17.0 Å². The predicted molar refractivity (Wildman–Crippen MR) is 74.1 cm³/mol. The molecule has 0 saturated heterocycles. The van der Waals surface area contributed by atoms with Crippen LogP contribution >= 0.6 is 0 Å². The number of hydrogen-bond donors (Lipinski definition) is 1. The fourth-order valence-electron chi connectivity index (χ4n) is 1.46. The summed E-state index contributed by atoms with van der Waals surface area (Å²) in [5, 5.41) is 8.71. The first-order valence-electron chi connectivity index (χ1n) is 6.17. The molecule has 0 saturated carbocycles. The minimum atomic E-state index is -3.73. The standard InChI is InChI=1S/C13H18FN3O2S/c1-10(2)17(3)7-6-16-20(18,19)12-4-5-13(14)11(8-12)9-15/h4-5,8,10,16H,6-7H2,1-3H3. The van der Waals surface area contributed by atoms with Crippen molar-refractivity contribution in [2.75, 3.05) is 20.1 Å². The number of hydrogen-bond acceptors (Lipinski definition) is 4. The second kappa shape index (κ2) is 6.79. The van der Waals surface area contributed by atoms with Crippen molar-refractivity contribution in [3.8, 4) is 6.07 Å². The van der Waals surface area contributed by atoms with Gasteiger partial charge >= 0.3 is 0 Å². The Morgan fingerprint density at radius 3 is 2.65 bits per heavy atom. The SMILES string of the molecule is CC(C)N(C)CCNS(=O)(=O)c1ccc(F)c(C#N)c1. The molecule has 5 nitrogen and oxygen atoms in total. The van der Waals surface area contributed by atoms with E-state index in [1.165, 1.54) is 0 Å². The van der Waals surface area contributed by atoms with Gasteiger partial charge in [-0.25, -0.2) is 17.5 Å². The van der Waals surface area contributed by atoms with Gasteiger partial charge in [-0.3, -0.25) is 0 Å². The molecule has 0 amide bonds. The molecular formula is C13H18FN3O2S. The number of sulfonamides is 1. The van der Waals surface area contributed by atoms with Crippen molar-refractivity contribution >= 4 is 10.0 Å². The van der Waals surface area contributed by atoms with Crippen molar-refractivity contribution in [1.82, 2.24) is 9.62 Å². The van der Waals surface area contributed by atoms with E-state index in [1.807, 2.05) is 25.8 Å². The Bertz CT molecular complexity index is 609. The highest BCUT2D eigenvalue weighted by atomic mass is 32.2. The van der Waals surface area contributed by atoms with Crippen LogP contribution in [0.15, 0.2) is 23.1 Å². The topological polar surface area (TPSA) is 73.2 Å². The molecular weight excluding hydrogens is 281 g/mol. The lowest BCUT2D eigenvalue weighted by Crippen LogP contribution is -2.36. The van der Waals surface area contributed by atoms with Crippen molar-refractivity contribution in [3.63, 3.8) is 0 Å². The smallest absolute Gasteiger partial charge is 0.240 e. The number of nitrogens with one attached hydrogen (secondary N) is 1. The third-order valence-electron chi connectivity index (χ3n) is 3.01. The van der Waals surface area contributed by atoms with Crippen LogP contribution in [0.5, 0.6) is 0 Å². The van der Waals surface area contributed by atoms with Crippen molar-refractivity contribution in [2.45, 2.75) is 24.8 Å². The van der Waals surface area contributed by atoms with E-state index < -0.39 is 15.8 Å². The minimum absolute atomic E-state index is 0.109. The maximum atomic E-state index is 13.2. The molecule has 0 radical (unpaired) electrons. The highest BCUT2D eigenvalue weighted by Gasteiger charge is 2.16. The lowest BCUT2D eigenvalue weighted by Gasteiger charge is -2.20. The summed E-state index contributed by atoms with van der Waals surface area (Å²) in [6, 6.07) is 5.09. The molecule has 0 atom stereocenters. The van der Waals surface area contributed by atoms with Crippen LogP contribution in [0.3, 0.4) is 0 Å². The molecule has 0 aliphatic rings. The molecule has 1 aromatic carbocycles. The van der Waals surface area contributed by atoms with Gasteiger partial charge in [0.25, 0.3) is 0 Å². The highest BCUT2D eigenvalue weighted by molar-refractivity contribution is 7.89. The third-order valence-corrected chi connectivity index (χ3v) is 4.47. The van der Waals surface area contributed by atoms with E-state index in [0.29, 0.717) is 12.6 Å². The van der Waals surface area contributed by atoms with E-state index in [2.05, 4.69) is 4.72 Å². The van der Waals surface area contributed by atoms with Gasteiger partial charge in [0.2, 0.25) is 10.0 Å². The van der Waals surface area contributed by atoms with Crippen molar-refractivity contribution in [2.24, 2.45) is 0 Å². The molecule has 110 valence electrons. The van der Waals surface area contributed by atoms with Crippen LogP contribution in [-0.4, -0.2) is 39.5 Å². The Labute approximate surface area is 119 Å². The predicted octanol–water partition coefficient (Wildman–Crippen LogP) is 1.32. The molecule has 1 rings (SSSR count). The second-order valence-corrected chi connectivity index (χ2v) is 6.49. The molecule has 1 aromatic rings. The first-order valence-corrected chi connectivity index (χ1v) is 7.66. The zero-order valence-corrected chi connectivity index (χ0v) is 12.5. The molecule has 0 spiro atoms. The van der Waals surface area contributed by atoms with Crippen LogP contribution in [0.1, 0.15) is 19.4 Å². The minimum Gasteiger partial charge on any atom is -0.303 e. The Morgan fingerprint density at radius 2 is 2.10 bits per heavy atom. The average Bonchev–Trinajstić information content (AvgIpc) is 2.38. The summed E-state index contributed by atoms with van der Waals surface area (Å²) in [4.78, 5) is 1.89. The maximum Gasteiger partial charge on any atom is 0.240 e. The molecule has 0 heterocycles. The zero-order valence-electron chi connectivity index (χ0n) is 11.7. The first kappa shape index (κ1) is 16.6. The van der Waals surface area contributed by atoms with Crippen LogP contribution in [0.4, 0.5) is 4.39 Å². The van der Waals surface area contributed by atoms with Gasteiger partial charge in [-0.1, -0.05) is 0 Å². The molecule has 0 aliphatic heterocycles. The lowest BCUT2D eigenvalue weighted by molar-refractivity contribution is 0.278. The summed E-state index contributed by atoms with van der Waals surface area (Å²) >= 11 is 0.